The molecule has 3 rings (SSSR count). The second-order valence-corrected chi connectivity index (χ2v) is 5.04. The third kappa shape index (κ3) is 1.40. The maximum absolute atomic E-state index is 12.4. The molecule has 1 fully saturated rings. The fourth-order valence-corrected chi connectivity index (χ4v) is 2.64. The summed E-state index contributed by atoms with van der Waals surface area (Å²) in [6, 6.07) is 7.31. The summed E-state index contributed by atoms with van der Waals surface area (Å²) in [7, 11) is 1.53. The highest BCUT2D eigenvalue weighted by molar-refractivity contribution is 6.02. The standard InChI is InChI=1S/C14H16O4/c1-8(2)12-13-11(15)9-6-4-5-7-10(9)14(16-3,17-12)18-13/h4-8,12-13H,1-3H3/t12-,13-,14-/m1/s1. The number of carbonyl (C=O) groups is 1. The first kappa shape index (κ1) is 11.8. The summed E-state index contributed by atoms with van der Waals surface area (Å²) in [6.45, 7) is 4.02. The summed E-state index contributed by atoms with van der Waals surface area (Å²) >= 11 is 0. The topological polar surface area (TPSA) is 44.8 Å². The number of Topliss-reactive ketones (excluding diaryl/α,β-unsaturated/α-hetero) is 1. The van der Waals surface area contributed by atoms with Crippen molar-refractivity contribution in [3.8, 4) is 0 Å². The number of methoxy groups -OCH3 is 1. The van der Waals surface area contributed by atoms with Gasteiger partial charge in [-0.15, -0.1) is 0 Å². The van der Waals surface area contributed by atoms with Gasteiger partial charge in [-0.25, -0.2) is 0 Å². The van der Waals surface area contributed by atoms with Gasteiger partial charge in [0.05, 0.1) is 11.7 Å². The number of ether oxygens (including phenoxy) is 3. The van der Waals surface area contributed by atoms with Crippen LogP contribution in [-0.2, 0) is 20.2 Å². The molecule has 0 aliphatic carbocycles. The van der Waals surface area contributed by atoms with E-state index in [1.807, 2.05) is 32.0 Å². The number of benzene rings is 1. The van der Waals surface area contributed by atoms with Gasteiger partial charge in [-0.05, 0) is 5.92 Å². The van der Waals surface area contributed by atoms with E-state index in [2.05, 4.69) is 0 Å². The van der Waals surface area contributed by atoms with Crippen molar-refractivity contribution in [3.63, 3.8) is 0 Å². The van der Waals surface area contributed by atoms with Crippen LogP contribution in [0.1, 0.15) is 29.8 Å². The maximum atomic E-state index is 12.4. The minimum Gasteiger partial charge on any atom is -0.327 e. The van der Waals surface area contributed by atoms with E-state index in [-0.39, 0.29) is 17.8 Å². The molecule has 0 radical (unpaired) electrons. The number of rotatable bonds is 2. The van der Waals surface area contributed by atoms with Crippen molar-refractivity contribution < 1.29 is 19.0 Å². The van der Waals surface area contributed by atoms with Crippen LogP contribution in [0.4, 0.5) is 0 Å². The lowest BCUT2D eigenvalue weighted by Gasteiger charge is -2.30. The predicted octanol–water partition coefficient (Wildman–Crippen LogP) is 2.08. The number of ketones is 1. The molecule has 1 aromatic rings. The van der Waals surface area contributed by atoms with Crippen molar-refractivity contribution in [2.75, 3.05) is 7.11 Å². The lowest BCUT2D eigenvalue weighted by molar-refractivity contribution is -0.344. The molecule has 3 atom stereocenters. The van der Waals surface area contributed by atoms with Crippen molar-refractivity contribution in [3.05, 3.63) is 35.4 Å². The normalized spacial score (nSPS) is 33.9. The smallest absolute Gasteiger partial charge is 0.313 e. The average Bonchev–Trinajstić information content (AvgIpc) is 2.75. The van der Waals surface area contributed by atoms with Gasteiger partial charge in [0.25, 0.3) is 0 Å². The zero-order valence-corrected chi connectivity index (χ0v) is 10.7. The van der Waals surface area contributed by atoms with Gasteiger partial charge >= 0.3 is 5.97 Å². The molecule has 2 bridgehead atoms. The summed E-state index contributed by atoms with van der Waals surface area (Å²) < 4.78 is 17.1. The van der Waals surface area contributed by atoms with E-state index < -0.39 is 12.1 Å². The highest BCUT2D eigenvalue weighted by Gasteiger charge is 2.58. The van der Waals surface area contributed by atoms with Crippen LogP contribution in [-0.4, -0.2) is 25.1 Å². The molecule has 1 saturated heterocycles. The molecule has 2 aliphatic heterocycles. The van der Waals surface area contributed by atoms with Crippen molar-refractivity contribution in [1.82, 2.24) is 0 Å². The molecule has 0 spiro atoms. The largest absolute Gasteiger partial charge is 0.327 e. The van der Waals surface area contributed by atoms with Crippen LogP contribution in [0.5, 0.6) is 0 Å². The molecule has 0 N–H and O–H groups in total. The highest BCUT2D eigenvalue weighted by atomic mass is 16.9. The minimum absolute atomic E-state index is 0.0190. The molecule has 96 valence electrons. The number of carbonyl (C=O) groups excluding carboxylic acids is 1. The molecular formula is C14H16O4. The van der Waals surface area contributed by atoms with Crippen molar-refractivity contribution in [1.29, 1.82) is 0 Å². The van der Waals surface area contributed by atoms with E-state index in [1.54, 1.807) is 6.07 Å². The second-order valence-electron chi connectivity index (χ2n) is 5.04. The third-order valence-corrected chi connectivity index (χ3v) is 3.58. The first-order valence-corrected chi connectivity index (χ1v) is 6.13. The van der Waals surface area contributed by atoms with Gasteiger partial charge in [0.1, 0.15) is 0 Å². The fraction of sp³-hybridized carbons (Fsp3) is 0.500. The van der Waals surface area contributed by atoms with E-state index in [0.717, 1.165) is 0 Å². The van der Waals surface area contributed by atoms with E-state index in [4.69, 9.17) is 14.2 Å². The molecule has 2 heterocycles. The Morgan fingerprint density at radius 1 is 1.28 bits per heavy atom. The van der Waals surface area contributed by atoms with Crippen molar-refractivity contribution in [2.45, 2.75) is 32.0 Å². The molecule has 0 amide bonds. The van der Waals surface area contributed by atoms with Crippen molar-refractivity contribution in [2.24, 2.45) is 5.92 Å². The van der Waals surface area contributed by atoms with Gasteiger partial charge in [-0.3, -0.25) is 4.79 Å². The Kier molecular flexibility index (Phi) is 2.55. The van der Waals surface area contributed by atoms with Crippen LogP contribution in [0.3, 0.4) is 0 Å². The molecule has 4 nitrogen and oxygen atoms in total. The molecule has 0 unspecified atom stereocenters. The Morgan fingerprint density at radius 2 is 2.00 bits per heavy atom. The SMILES string of the molecule is CO[C@]12O[C@H](C(=O)c3ccccc31)[C@@H](C(C)C)O2. The van der Waals surface area contributed by atoms with Crippen molar-refractivity contribution >= 4 is 5.78 Å². The van der Waals surface area contributed by atoms with E-state index in [1.165, 1.54) is 7.11 Å². The molecule has 1 aromatic carbocycles. The Morgan fingerprint density at radius 3 is 2.67 bits per heavy atom. The lowest BCUT2D eigenvalue weighted by atomic mass is 9.92. The zero-order valence-electron chi connectivity index (χ0n) is 10.7. The Bertz CT molecular complexity index is 496. The molecule has 18 heavy (non-hydrogen) atoms. The van der Waals surface area contributed by atoms with Gasteiger partial charge in [0, 0.05) is 12.7 Å². The van der Waals surface area contributed by atoms with Crippen LogP contribution >= 0.6 is 0 Å². The zero-order chi connectivity index (χ0) is 12.9. The highest BCUT2D eigenvalue weighted by Crippen LogP contribution is 2.46. The molecule has 0 aromatic heterocycles. The van der Waals surface area contributed by atoms with E-state index >= 15 is 0 Å². The first-order valence-electron chi connectivity index (χ1n) is 6.13. The Balaban J connectivity index is 2.15. The second kappa shape index (κ2) is 3.88. The lowest BCUT2D eigenvalue weighted by Crippen LogP contribution is -2.40. The summed E-state index contributed by atoms with van der Waals surface area (Å²) in [5.74, 6) is -1.05. The number of hydrogen-bond acceptors (Lipinski definition) is 4. The number of hydrogen-bond donors (Lipinski definition) is 0. The first-order chi connectivity index (χ1) is 8.59. The van der Waals surface area contributed by atoms with E-state index in [9.17, 15) is 4.79 Å². The van der Waals surface area contributed by atoms with Gasteiger partial charge in [0.15, 0.2) is 11.9 Å². The molecular weight excluding hydrogens is 232 g/mol. The molecule has 4 heteroatoms. The maximum Gasteiger partial charge on any atom is 0.313 e. The Labute approximate surface area is 106 Å². The van der Waals surface area contributed by atoms with Gasteiger partial charge < -0.3 is 14.2 Å². The molecule has 2 aliphatic rings. The molecule has 0 saturated carbocycles. The van der Waals surface area contributed by atoms with Crippen LogP contribution in [0.25, 0.3) is 0 Å². The monoisotopic (exact) mass is 248 g/mol. The quantitative estimate of drug-likeness (QED) is 0.803. The van der Waals surface area contributed by atoms with E-state index in [0.29, 0.717) is 11.1 Å². The summed E-state index contributed by atoms with van der Waals surface area (Å²) in [4.78, 5) is 12.4. The summed E-state index contributed by atoms with van der Waals surface area (Å²) in [6.07, 6.45) is -0.843. The average molecular weight is 248 g/mol. The predicted molar refractivity (Wildman–Crippen MR) is 64.0 cm³/mol. The van der Waals surface area contributed by atoms with Crippen LogP contribution in [0, 0.1) is 5.92 Å². The van der Waals surface area contributed by atoms with Crippen LogP contribution in [0.2, 0.25) is 0 Å². The van der Waals surface area contributed by atoms with Crippen LogP contribution < -0.4 is 0 Å². The van der Waals surface area contributed by atoms with Gasteiger partial charge in [-0.1, -0.05) is 38.1 Å². The fourth-order valence-electron chi connectivity index (χ4n) is 2.64. The van der Waals surface area contributed by atoms with Crippen LogP contribution in [0.15, 0.2) is 24.3 Å². The Hall–Kier alpha value is -1.23. The third-order valence-electron chi connectivity index (χ3n) is 3.58. The number of fused-ring (bicyclic) bond motifs is 4. The van der Waals surface area contributed by atoms with Gasteiger partial charge in [0.2, 0.25) is 0 Å². The minimum atomic E-state index is -1.22. The summed E-state index contributed by atoms with van der Waals surface area (Å²) in [5.41, 5.74) is 1.30. The summed E-state index contributed by atoms with van der Waals surface area (Å²) in [5, 5.41) is 0. The van der Waals surface area contributed by atoms with Gasteiger partial charge in [-0.2, -0.15) is 0 Å².